The van der Waals surface area contributed by atoms with E-state index in [1.54, 1.807) is 4.80 Å². The molecule has 6 heteroatoms. The molecule has 0 atom stereocenters. The lowest BCUT2D eigenvalue weighted by molar-refractivity contribution is 0.187. The maximum absolute atomic E-state index is 9.26. The number of nitrogens with zero attached hydrogens (tertiary/aromatic N) is 3. The zero-order valence-electron chi connectivity index (χ0n) is 12.0. The summed E-state index contributed by atoms with van der Waals surface area (Å²) in [5, 5.41) is 21.3. The Labute approximate surface area is 125 Å². The maximum atomic E-state index is 9.26. The Kier molecular flexibility index (Phi) is 5.68. The average molecular weight is 297 g/mol. The molecule has 0 bridgehead atoms. The monoisotopic (exact) mass is 296 g/mol. The number of aromatic nitrogens is 3. The van der Waals surface area contributed by atoms with E-state index in [4.69, 9.17) is 0 Å². The van der Waals surface area contributed by atoms with Crippen molar-refractivity contribution in [3.05, 3.63) is 36.0 Å². The van der Waals surface area contributed by atoms with Gasteiger partial charge in [0.05, 0.1) is 6.61 Å². The van der Waals surface area contributed by atoms with Gasteiger partial charge in [-0.05, 0) is 13.8 Å². The molecule has 0 saturated heterocycles. The molecule has 0 saturated carbocycles. The quantitative estimate of drug-likeness (QED) is 0.882. The molecule has 1 aromatic carbocycles. The first kappa shape index (κ1) is 16.6. The molecular formula is C14H21ClN4O. The Hall–Kier alpha value is -1.43. The van der Waals surface area contributed by atoms with Gasteiger partial charge in [0.25, 0.3) is 0 Å². The van der Waals surface area contributed by atoms with Crippen LogP contribution in [-0.4, -0.2) is 32.2 Å². The SMILES string of the molecule is Cl.Cn1nc(CNC(C)(C)CO)c(-c2ccccc2)n1. The van der Waals surface area contributed by atoms with E-state index >= 15 is 0 Å². The van der Waals surface area contributed by atoms with Crippen LogP contribution in [0.25, 0.3) is 11.3 Å². The van der Waals surface area contributed by atoms with Gasteiger partial charge >= 0.3 is 0 Å². The van der Waals surface area contributed by atoms with E-state index in [9.17, 15) is 5.11 Å². The average Bonchev–Trinajstić information content (AvgIpc) is 2.79. The molecule has 1 aromatic heterocycles. The van der Waals surface area contributed by atoms with Crippen LogP contribution >= 0.6 is 12.4 Å². The lowest BCUT2D eigenvalue weighted by Crippen LogP contribution is -2.42. The first-order valence-corrected chi connectivity index (χ1v) is 6.33. The van der Waals surface area contributed by atoms with Gasteiger partial charge in [-0.1, -0.05) is 30.3 Å². The van der Waals surface area contributed by atoms with Crippen LogP contribution in [0.4, 0.5) is 0 Å². The van der Waals surface area contributed by atoms with Crippen LogP contribution in [0.1, 0.15) is 19.5 Å². The topological polar surface area (TPSA) is 63.0 Å². The van der Waals surface area contributed by atoms with Crippen molar-refractivity contribution in [1.29, 1.82) is 0 Å². The summed E-state index contributed by atoms with van der Waals surface area (Å²) in [5.74, 6) is 0. The van der Waals surface area contributed by atoms with Gasteiger partial charge in [-0.15, -0.1) is 12.4 Å². The zero-order chi connectivity index (χ0) is 13.9. The molecule has 1 heterocycles. The van der Waals surface area contributed by atoms with Crippen LogP contribution in [0.3, 0.4) is 0 Å². The fourth-order valence-electron chi connectivity index (χ4n) is 1.77. The summed E-state index contributed by atoms with van der Waals surface area (Å²) in [5.41, 5.74) is 2.49. The highest BCUT2D eigenvalue weighted by atomic mass is 35.5. The predicted molar refractivity (Wildman–Crippen MR) is 81.7 cm³/mol. The van der Waals surface area contributed by atoms with Gasteiger partial charge in [-0.25, -0.2) is 0 Å². The number of aliphatic hydroxyl groups excluding tert-OH is 1. The highest BCUT2D eigenvalue weighted by Crippen LogP contribution is 2.20. The van der Waals surface area contributed by atoms with Crippen molar-refractivity contribution >= 4 is 12.4 Å². The standard InChI is InChI=1S/C14H20N4O.ClH/c1-14(2,10-19)15-9-12-13(17-18(3)16-12)11-7-5-4-6-8-11;/h4-8,15,19H,9-10H2,1-3H3;1H. The van der Waals surface area contributed by atoms with Crippen LogP contribution in [0.15, 0.2) is 30.3 Å². The molecule has 5 nitrogen and oxygen atoms in total. The number of rotatable bonds is 5. The summed E-state index contributed by atoms with van der Waals surface area (Å²) in [7, 11) is 1.81. The number of hydrogen-bond donors (Lipinski definition) is 2. The van der Waals surface area contributed by atoms with Gasteiger partial charge in [-0.2, -0.15) is 15.0 Å². The second-order valence-electron chi connectivity index (χ2n) is 5.25. The molecular weight excluding hydrogens is 276 g/mol. The normalized spacial score (nSPS) is 11.2. The molecule has 2 rings (SSSR count). The van der Waals surface area contributed by atoms with Crippen molar-refractivity contribution in [3.63, 3.8) is 0 Å². The van der Waals surface area contributed by atoms with E-state index in [1.165, 1.54) is 0 Å². The number of hydrogen-bond acceptors (Lipinski definition) is 4. The van der Waals surface area contributed by atoms with Crippen LogP contribution in [0.2, 0.25) is 0 Å². The Morgan fingerprint density at radius 1 is 1.20 bits per heavy atom. The van der Waals surface area contributed by atoms with Crippen molar-refractivity contribution < 1.29 is 5.11 Å². The molecule has 20 heavy (non-hydrogen) atoms. The minimum absolute atomic E-state index is 0. The first-order valence-electron chi connectivity index (χ1n) is 6.33. The van der Waals surface area contributed by atoms with Gasteiger partial charge in [0.2, 0.25) is 0 Å². The molecule has 0 amide bonds. The summed E-state index contributed by atoms with van der Waals surface area (Å²) in [4.78, 5) is 1.57. The molecule has 2 N–H and O–H groups in total. The molecule has 0 spiro atoms. The number of aryl methyl sites for hydroxylation is 1. The highest BCUT2D eigenvalue weighted by molar-refractivity contribution is 5.85. The van der Waals surface area contributed by atoms with E-state index in [0.717, 1.165) is 17.0 Å². The Bertz CT molecular complexity index is 539. The van der Waals surface area contributed by atoms with Gasteiger partial charge in [-0.3, -0.25) is 0 Å². The van der Waals surface area contributed by atoms with Gasteiger partial charge in [0.15, 0.2) is 0 Å². The number of aliphatic hydroxyl groups is 1. The lowest BCUT2D eigenvalue weighted by Gasteiger charge is -2.22. The molecule has 2 aromatic rings. The fourth-order valence-corrected chi connectivity index (χ4v) is 1.77. The Morgan fingerprint density at radius 3 is 2.45 bits per heavy atom. The molecule has 0 radical (unpaired) electrons. The molecule has 0 fully saturated rings. The predicted octanol–water partition coefficient (Wildman–Crippen LogP) is 1.76. The van der Waals surface area contributed by atoms with Crippen LogP contribution in [-0.2, 0) is 13.6 Å². The smallest absolute Gasteiger partial charge is 0.117 e. The largest absolute Gasteiger partial charge is 0.394 e. The summed E-state index contributed by atoms with van der Waals surface area (Å²) in [6.07, 6.45) is 0. The third-order valence-electron chi connectivity index (χ3n) is 2.96. The number of nitrogens with one attached hydrogen (secondary N) is 1. The van der Waals surface area contributed by atoms with E-state index in [2.05, 4.69) is 15.5 Å². The van der Waals surface area contributed by atoms with Crippen LogP contribution < -0.4 is 5.32 Å². The number of halogens is 1. The Balaban J connectivity index is 0.00000200. The second kappa shape index (κ2) is 6.83. The first-order chi connectivity index (χ1) is 9.02. The zero-order valence-corrected chi connectivity index (χ0v) is 12.8. The molecule has 0 aliphatic carbocycles. The van der Waals surface area contributed by atoms with Gasteiger partial charge in [0.1, 0.15) is 11.4 Å². The fraction of sp³-hybridized carbons (Fsp3) is 0.429. The third-order valence-corrected chi connectivity index (χ3v) is 2.96. The summed E-state index contributed by atoms with van der Waals surface area (Å²) in [6.45, 7) is 4.55. The van der Waals surface area contributed by atoms with Crippen LogP contribution in [0.5, 0.6) is 0 Å². The minimum Gasteiger partial charge on any atom is -0.394 e. The summed E-state index contributed by atoms with van der Waals surface area (Å²) >= 11 is 0. The van der Waals surface area contributed by atoms with E-state index in [0.29, 0.717) is 6.54 Å². The van der Waals surface area contributed by atoms with Crippen molar-refractivity contribution in [2.75, 3.05) is 6.61 Å². The second-order valence-corrected chi connectivity index (χ2v) is 5.25. The third kappa shape index (κ3) is 4.03. The maximum Gasteiger partial charge on any atom is 0.117 e. The van der Waals surface area contributed by atoms with E-state index in [-0.39, 0.29) is 24.6 Å². The minimum atomic E-state index is -0.328. The molecule has 0 aliphatic rings. The number of benzene rings is 1. The molecule has 110 valence electrons. The highest BCUT2D eigenvalue weighted by Gasteiger charge is 2.18. The van der Waals surface area contributed by atoms with Gasteiger partial charge in [0, 0.05) is 24.7 Å². The van der Waals surface area contributed by atoms with E-state index < -0.39 is 0 Å². The van der Waals surface area contributed by atoms with Crippen molar-refractivity contribution in [2.45, 2.75) is 25.9 Å². The van der Waals surface area contributed by atoms with Crippen molar-refractivity contribution in [2.24, 2.45) is 7.05 Å². The van der Waals surface area contributed by atoms with Crippen molar-refractivity contribution in [3.8, 4) is 11.3 Å². The van der Waals surface area contributed by atoms with Crippen molar-refractivity contribution in [1.82, 2.24) is 20.3 Å². The van der Waals surface area contributed by atoms with Crippen LogP contribution in [0, 0.1) is 0 Å². The molecule has 0 aliphatic heterocycles. The lowest BCUT2D eigenvalue weighted by atomic mass is 10.1. The Morgan fingerprint density at radius 2 is 1.85 bits per heavy atom. The summed E-state index contributed by atoms with van der Waals surface area (Å²) in [6, 6.07) is 9.99. The van der Waals surface area contributed by atoms with Gasteiger partial charge < -0.3 is 10.4 Å². The molecule has 0 unspecified atom stereocenters. The summed E-state index contributed by atoms with van der Waals surface area (Å²) < 4.78 is 0. The van der Waals surface area contributed by atoms with E-state index in [1.807, 2.05) is 51.2 Å².